The average molecular weight is 231 g/mol. The molecule has 16 heavy (non-hydrogen) atoms. The van der Waals surface area contributed by atoms with Crippen LogP contribution in [0.5, 0.6) is 0 Å². The van der Waals surface area contributed by atoms with Crippen molar-refractivity contribution < 1.29 is 19.1 Å². The summed E-state index contributed by atoms with van der Waals surface area (Å²) in [6, 6.07) is 0. The van der Waals surface area contributed by atoms with E-state index >= 15 is 0 Å². The van der Waals surface area contributed by atoms with Gasteiger partial charge in [-0.25, -0.2) is 4.79 Å². The lowest BCUT2D eigenvalue weighted by molar-refractivity contribution is -0.141. The molecule has 0 aliphatic rings. The molecule has 0 aliphatic carbocycles. The Morgan fingerprint density at radius 3 is 2.25 bits per heavy atom. The molecule has 0 spiro atoms. The highest BCUT2D eigenvalue weighted by Gasteiger charge is 2.19. The van der Waals surface area contributed by atoms with Crippen LogP contribution < -0.4 is 5.73 Å². The highest BCUT2D eigenvalue weighted by molar-refractivity contribution is 5.81. The predicted molar refractivity (Wildman–Crippen MR) is 59.8 cm³/mol. The SMILES string of the molecule is CC(C)(C)OC(=O)OC(=O)CCCCCN. The molecule has 0 saturated carbocycles. The Morgan fingerprint density at radius 1 is 1.12 bits per heavy atom. The van der Waals surface area contributed by atoms with E-state index in [1.807, 2.05) is 0 Å². The van der Waals surface area contributed by atoms with Crippen LogP contribution in [0.1, 0.15) is 46.5 Å². The van der Waals surface area contributed by atoms with Crippen LogP contribution in [0.3, 0.4) is 0 Å². The molecular weight excluding hydrogens is 210 g/mol. The van der Waals surface area contributed by atoms with Crippen molar-refractivity contribution in [2.24, 2.45) is 5.73 Å². The highest BCUT2D eigenvalue weighted by Crippen LogP contribution is 2.09. The Bertz CT molecular complexity index is 233. The first-order valence-corrected chi connectivity index (χ1v) is 5.49. The summed E-state index contributed by atoms with van der Waals surface area (Å²) in [5, 5.41) is 0. The van der Waals surface area contributed by atoms with Crippen molar-refractivity contribution in [1.82, 2.24) is 0 Å². The Morgan fingerprint density at radius 2 is 1.75 bits per heavy atom. The molecule has 0 unspecified atom stereocenters. The molecular formula is C11H21NO4. The summed E-state index contributed by atoms with van der Waals surface area (Å²) in [6.45, 7) is 5.74. The molecule has 94 valence electrons. The molecule has 0 heterocycles. The number of hydrogen-bond acceptors (Lipinski definition) is 5. The number of ether oxygens (including phenoxy) is 2. The van der Waals surface area contributed by atoms with Crippen LogP contribution in [0.15, 0.2) is 0 Å². The van der Waals surface area contributed by atoms with Gasteiger partial charge in [0.15, 0.2) is 0 Å². The maximum absolute atomic E-state index is 11.1. The third kappa shape index (κ3) is 9.45. The van der Waals surface area contributed by atoms with E-state index in [1.165, 1.54) is 0 Å². The summed E-state index contributed by atoms with van der Waals surface area (Å²) < 4.78 is 9.31. The van der Waals surface area contributed by atoms with E-state index in [1.54, 1.807) is 20.8 Å². The Labute approximate surface area is 96.3 Å². The fraction of sp³-hybridized carbons (Fsp3) is 0.818. The lowest BCUT2D eigenvalue weighted by Gasteiger charge is -2.18. The normalized spacial score (nSPS) is 11.0. The van der Waals surface area contributed by atoms with E-state index in [2.05, 4.69) is 4.74 Å². The monoisotopic (exact) mass is 231 g/mol. The first-order valence-electron chi connectivity index (χ1n) is 5.49. The minimum atomic E-state index is -0.934. The van der Waals surface area contributed by atoms with Crippen LogP contribution in [0.2, 0.25) is 0 Å². The molecule has 0 bridgehead atoms. The van der Waals surface area contributed by atoms with Crippen molar-refractivity contribution in [3.8, 4) is 0 Å². The average Bonchev–Trinajstić information content (AvgIpc) is 2.09. The van der Waals surface area contributed by atoms with Crippen LogP contribution >= 0.6 is 0 Å². The number of esters is 1. The molecule has 0 atom stereocenters. The van der Waals surface area contributed by atoms with Gasteiger partial charge in [-0.15, -0.1) is 0 Å². The molecule has 0 amide bonds. The van der Waals surface area contributed by atoms with E-state index in [9.17, 15) is 9.59 Å². The number of carbonyl (C=O) groups is 2. The Hall–Kier alpha value is -1.10. The minimum Gasteiger partial charge on any atom is -0.428 e. The van der Waals surface area contributed by atoms with Gasteiger partial charge in [-0.3, -0.25) is 4.79 Å². The lowest BCUT2D eigenvalue weighted by Crippen LogP contribution is -2.26. The van der Waals surface area contributed by atoms with Gasteiger partial charge in [0.1, 0.15) is 5.60 Å². The molecule has 2 N–H and O–H groups in total. The van der Waals surface area contributed by atoms with E-state index in [-0.39, 0.29) is 6.42 Å². The van der Waals surface area contributed by atoms with Gasteiger partial charge in [-0.05, 0) is 40.2 Å². The van der Waals surface area contributed by atoms with Gasteiger partial charge in [0.2, 0.25) is 0 Å². The zero-order valence-electron chi connectivity index (χ0n) is 10.2. The molecule has 5 nitrogen and oxygen atoms in total. The molecule has 0 aromatic heterocycles. The van der Waals surface area contributed by atoms with Crippen LogP contribution in [0, 0.1) is 0 Å². The van der Waals surface area contributed by atoms with Crippen LogP contribution in [-0.2, 0) is 14.3 Å². The zero-order chi connectivity index (χ0) is 12.6. The summed E-state index contributed by atoms with van der Waals surface area (Å²) in [7, 11) is 0. The smallest absolute Gasteiger partial charge is 0.428 e. The second-order valence-corrected chi connectivity index (χ2v) is 4.54. The van der Waals surface area contributed by atoms with Gasteiger partial charge in [-0.1, -0.05) is 6.42 Å². The quantitative estimate of drug-likeness (QED) is 0.444. The van der Waals surface area contributed by atoms with Crippen molar-refractivity contribution in [2.75, 3.05) is 6.54 Å². The van der Waals surface area contributed by atoms with Crippen molar-refractivity contribution in [2.45, 2.75) is 52.1 Å². The van der Waals surface area contributed by atoms with Gasteiger partial charge < -0.3 is 15.2 Å². The van der Waals surface area contributed by atoms with E-state index in [0.29, 0.717) is 13.0 Å². The molecule has 0 aromatic rings. The Balaban J connectivity index is 3.67. The molecule has 0 rings (SSSR count). The number of hydrogen-bond donors (Lipinski definition) is 1. The van der Waals surface area contributed by atoms with Crippen LogP contribution in [0.4, 0.5) is 4.79 Å². The number of carbonyl (C=O) groups excluding carboxylic acids is 2. The fourth-order valence-electron chi connectivity index (χ4n) is 1.01. The van der Waals surface area contributed by atoms with E-state index in [0.717, 1.165) is 12.8 Å². The van der Waals surface area contributed by atoms with Gasteiger partial charge >= 0.3 is 12.1 Å². The molecule has 0 radical (unpaired) electrons. The topological polar surface area (TPSA) is 78.6 Å². The Kier molecular flexibility index (Phi) is 6.72. The van der Waals surface area contributed by atoms with Gasteiger partial charge in [0.25, 0.3) is 0 Å². The second-order valence-electron chi connectivity index (χ2n) is 4.54. The number of rotatable bonds is 5. The molecule has 5 heteroatoms. The number of nitrogens with two attached hydrogens (primary N) is 1. The van der Waals surface area contributed by atoms with E-state index in [4.69, 9.17) is 10.5 Å². The fourth-order valence-corrected chi connectivity index (χ4v) is 1.01. The molecule has 0 saturated heterocycles. The van der Waals surface area contributed by atoms with Crippen LogP contribution in [0.25, 0.3) is 0 Å². The van der Waals surface area contributed by atoms with Crippen molar-refractivity contribution >= 4 is 12.1 Å². The van der Waals surface area contributed by atoms with Gasteiger partial charge in [-0.2, -0.15) is 0 Å². The van der Waals surface area contributed by atoms with Crippen molar-refractivity contribution in [3.05, 3.63) is 0 Å². The summed E-state index contributed by atoms with van der Waals surface area (Å²) in [4.78, 5) is 22.2. The summed E-state index contributed by atoms with van der Waals surface area (Å²) >= 11 is 0. The predicted octanol–water partition coefficient (Wildman–Crippen LogP) is 1.98. The van der Waals surface area contributed by atoms with Gasteiger partial charge in [0, 0.05) is 6.42 Å². The number of unbranched alkanes of at least 4 members (excludes halogenated alkanes) is 2. The first-order chi connectivity index (χ1) is 7.35. The largest absolute Gasteiger partial charge is 0.516 e. The highest BCUT2D eigenvalue weighted by atomic mass is 16.7. The zero-order valence-corrected chi connectivity index (χ0v) is 10.2. The third-order valence-corrected chi connectivity index (χ3v) is 1.67. The van der Waals surface area contributed by atoms with E-state index < -0.39 is 17.7 Å². The summed E-state index contributed by atoms with van der Waals surface area (Å²) in [5.41, 5.74) is 4.66. The van der Waals surface area contributed by atoms with Crippen molar-refractivity contribution in [1.29, 1.82) is 0 Å². The second kappa shape index (κ2) is 7.22. The molecule has 0 aliphatic heterocycles. The molecule has 0 fully saturated rings. The maximum Gasteiger partial charge on any atom is 0.516 e. The molecule has 0 aromatic carbocycles. The summed E-state index contributed by atoms with van der Waals surface area (Å²) in [5.74, 6) is -0.550. The van der Waals surface area contributed by atoms with Gasteiger partial charge in [0.05, 0.1) is 0 Å². The standard InChI is InChI=1S/C11H21NO4/c1-11(2,3)16-10(14)15-9(13)7-5-4-6-8-12/h4-8,12H2,1-3H3. The third-order valence-electron chi connectivity index (χ3n) is 1.67. The van der Waals surface area contributed by atoms with Crippen molar-refractivity contribution in [3.63, 3.8) is 0 Å². The summed E-state index contributed by atoms with van der Waals surface area (Å²) in [6.07, 6.45) is 1.70. The first kappa shape index (κ1) is 14.9. The maximum atomic E-state index is 11.1. The minimum absolute atomic E-state index is 0.221. The lowest BCUT2D eigenvalue weighted by atomic mass is 10.2. The van der Waals surface area contributed by atoms with Crippen LogP contribution in [-0.4, -0.2) is 24.3 Å².